The molecule has 71 heavy (non-hydrogen) atoms. The maximum absolute atomic E-state index is 5.92. The van der Waals surface area contributed by atoms with Crippen molar-refractivity contribution >= 4 is 88.1 Å². The maximum Gasteiger partial charge on any atom is 0.140 e. The first-order chi connectivity index (χ1) is 35.2. The standard InChI is InChI=1S/C65H42N6/c1-2-16-42(17-3-1)69-57-27-13-7-22-48(57)52-36-37-53-49-23-9-15-29-59(49)71(65(53)64(52)69)61-39-41(40-30-32-43(33-31-40)68-55-25-11-5-19-45(55)46-20-6-12-26-56(46)68)38-60(67-61)70-58-28-14-8-21-47(58)51-35-34-50-44-18-4-10-24-54(44)66-62(50)63(51)70/h1-39,50,62,66H. The van der Waals surface area contributed by atoms with Crippen molar-refractivity contribution in [3.05, 3.63) is 247 Å². The van der Waals surface area contributed by atoms with Gasteiger partial charge >= 0.3 is 0 Å². The molecule has 0 saturated carbocycles. The highest BCUT2D eigenvalue weighted by atomic mass is 15.2. The molecule has 9 aromatic carbocycles. The van der Waals surface area contributed by atoms with E-state index in [1.54, 1.807) is 0 Å². The molecule has 0 amide bonds. The van der Waals surface area contributed by atoms with Crippen molar-refractivity contribution in [3.63, 3.8) is 0 Å². The van der Waals surface area contributed by atoms with Gasteiger partial charge in [-0.25, -0.2) is 4.98 Å². The molecule has 1 aliphatic carbocycles. The summed E-state index contributed by atoms with van der Waals surface area (Å²) in [5.74, 6) is 1.91. The molecule has 2 unspecified atom stereocenters. The fourth-order valence-electron chi connectivity index (χ4n) is 12.5. The molecule has 6 nitrogen and oxygen atoms in total. The molecule has 5 aromatic heterocycles. The van der Waals surface area contributed by atoms with Crippen molar-refractivity contribution in [3.8, 4) is 34.1 Å². The van der Waals surface area contributed by atoms with E-state index < -0.39 is 0 Å². The van der Waals surface area contributed by atoms with Crippen molar-refractivity contribution in [2.24, 2.45) is 0 Å². The minimum atomic E-state index is 0.0219. The lowest BCUT2D eigenvalue weighted by Crippen LogP contribution is -2.19. The molecular weight excluding hydrogens is 865 g/mol. The zero-order valence-electron chi connectivity index (χ0n) is 38.4. The Morgan fingerprint density at radius 2 is 0.845 bits per heavy atom. The monoisotopic (exact) mass is 906 g/mol. The molecule has 1 aliphatic heterocycles. The number of nitrogens with zero attached hydrogens (tertiary/aromatic N) is 5. The van der Waals surface area contributed by atoms with Gasteiger partial charge in [-0.15, -0.1) is 0 Å². The molecule has 14 aromatic rings. The molecule has 0 spiro atoms. The molecule has 6 heterocycles. The normalized spacial score (nSPS) is 15.1. The molecule has 0 radical (unpaired) electrons. The van der Waals surface area contributed by atoms with E-state index in [1.807, 2.05) is 0 Å². The van der Waals surface area contributed by atoms with Crippen LogP contribution in [-0.2, 0) is 0 Å². The summed E-state index contributed by atoms with van der Waals surface area (Å²) in [6, 6.07) is 81.9. The SMILES string of the molecule is C1=CC2c3ccccc3NC2c2c1c1ccccc1n2-c1cc(-c2ccc(-n3c4ccccc4c4ccccc43)cc2)cc(-n2c3ccccc3c3ccc4c5ccccc5n(-c5ccccc5)c4c32)n1. The van der Waals surface area contributed by atoms with Gasteiger partial charge in [0.2, 0.25) is 0 Å². The summed E-state index contributed by atoms with van der Waals surface area (Å²) in [5, 5.41) is 12.5. The van der Waals surface area contributed by atoms with Crippen molar-refractivity contribution in [2.75, 3.05) is 5.32 Å². The van der Waals surface area contributed by atoms with Gasteiger partial charge in [-0.3, -0.25) is 9.13 Å². The molecule has 2 atom stereocenters. The van der Waals surface area contributed by atoms with Gasteiger partial charge < -0.3 is 14.5 Å². The topological polar surface area (TPSA) is 44.6 Å². The smallest absolute Gasteiger partial charge is 0.140 e. The van der Waals surface area contributed by atoms with E-state index in [2.05, 4.69) is 260 Å². The second kappa shape index (κ2) is 14.6. The lowest BCUT2D eigenvalue weighted by molar-refractivity contribution is 0.685. The molecule has 0 fully saturated rings. The maximum atomic E-state index is 5.92. The Kier molecular flexibility index (Phi) is 7.91. The Morgan fingerprint density at radius 3 is 1.49 bits per heavy atom. The molecule has 2 aliphatic rings. The first kappa shape index (κ1) is 38.6. The highest BCUT2D eigenvalue weighted by Crippen LogP contribution is 2.52. The van der Waals surface area contributed by atoms with E-state index in [0.29, 0.717) is 0 Å². The Hall–Kier alpha value is -9.39. The van der Waals surface area contributed by atoms with Gasteiger partial charge in [-0.05, 0) is 89.5 Å². The molecule has 0 bridgehead atoms. The summed E-state index contributed by atoms with van der Waals surface area (Å²) in [5.41, 5.74) is 17.5. The zero-order chi connectivity index (χ0) is 46.3. The van der Waals surface area contributed by atoms with Gasteiger partial charge in [0.25, 0.3) is 0 Å². The highest BCUT2D eigenvalue weighted by molar-refractivity contribution is 6.24. The number of para-hydroxylation sites is 7. The molecule has 0 saturated heterocycles. The number of pyridine rings is 1. The number of hydrogen-bond donors (Lipinski definition) is 1. The first-order valence-electron chi connectivity index (χ1n) is 24.5. The fourth-order valence-corrected chi connectivity index (χ4v) is 12.5. The Balaban J connectivity index is 0.998. The lowest BCUT2D eigenvalue weighted by Gasteiger charge is -2.25. The Bertz CT molecular complexity index is 4510. The molecule has 332 valence electrons. The number of hydrogen-bond acceptors (Lipinski definition) is 2. The number of rotatable bonds is 5. The summed E-state index contributed by atoms with van der Waals surface area (Å²) in [6.45, 7) is 0. The number of aromatic nitrogens is 5. The van der Waals surface area contributed by atoms with Crippen LogP contribution < -0.4 is 5.32 Å². The van der Waals surface area contributed by atoms with Crippen LogP contribution in [-0.4, -0.2) is 23.3 Å². The van der Waals surface area contributed by atoms with Crippen LogP contribution in [0.25, 0.3) is 117 Å². The van der Waals surface area contributed by atoms with Crippen molar-refractivity contribution < 1.29 is 0 Å². The van der Waals surface area contributed by atoms with Crippen LogP contribution in [0.1, 0.15) is 28.8 Å². The third kappa shape index (κ3) is 5.39. The average Bonchev–Trinajstić information content (AvgIpc) is 4.24. The lowest BCUT2D eigenvalue weighted by atomic mass is 9.86. The van der Waals surface area contributed by atoms with Gasteiger partial charge in [0.15, 0.2) is 0 Å². The third-order valence-corrected chi connectivity index (χ3v) is 15.5. The second-order valence-electron chi connectivity index (χ2n) is 19.1. The van der Waals surface area contributed by atoms with Crippen LogP contribution >= 0.6 is 0 Å². The third-order valence-electron chi connectivity index (χ3n) is 15.5. The van der Waals surface area contributed by atoms with E-state index in [4.69, 9.17) is 4.98 Å². The van der Waals surface area contributed by atoms with Crippen LogP contribution in [0.3, 0.4) is 0 Å². The predicted octanol–water partition coefficient (Wildman–Crippen LogP) is 16.3. The van der Waals surface area contributed by atoms with Crippen molar-refractivity contribution in [2.45, 2.75) is 12.0 Å². The molecule has 6 heteroatoms. The summed E-state index contributed by atoms with van der Waals surface area (Å²) >= 11 is 0. The van der Waals surface area contributed by atoms with Crippen LogP contribution in [0.15, 0.2) is 231 Å². The Labute approximate surface area is 408 Å². The van der Waals surface area contributed by atoms with E-state index >= 15 is 0 Å². The van der Waals surface area contributed by atoms with Gasteiger partial charge in [0.1, 0.15) is 11.6 Å². The van der Waals surface area contributed by atoms with E-state index in [1.165, 1.54) is 76.8 Å². The minimum absolute atomic E-state index is 0.0219. The quantitative estimate of drug-likeness (QED) is 0.187. The largest absolute Gasteiger partial charge is 0.376 e. The summed E-state index contributed by atoms with van der Waals surface area (Å²) in [7, 11) is 0. The molecular formula is C65H42N6. The summed E-state index contributed by atoms with van der Waals surface area (Å²) < 4.78 is 9.73. The van der Waals surface area contributed by atoms with Crippen molar-refractivity contribution in [1.82, 2.24) is 23.3 Å². The average molecular weight is 907 g/mol. The van der Waals surface area contributed by atoms with Gasteiger partial charge in [-0.2, -0.15) is 0 Å². The minimum Gasteiger partial charge on any atom is -0.376 e. The van der Waals surface area contributed by atoms with Crippen LogP contribution in [0.5, 0.6) is 0 Å². The van der Waals surface area contributed by atoms with Gasteiger partial charge in [0, 0.05) is 66.2 Å². The number of anilines is 1. The summed E-state index contributed by atoms with van der Waals surface area (Å²) in [6.07, 6.45) is 4.75. The van der Waals surface area contributed by atoms with E-state index in [9.17, 15) is 0 Å². The number of nitrogens with one attached hydrogen (secondary N) is 1. The van der Waals surface area contributed by atoms with Gasteiger partial charge in [-0.1, -0.05) is 164 Å². The van der Waals surface area contributed by atoms with Gasteiger partial charge in [0.05, 0.1) is 50.4 Å². The molecule has 16 rings (SSSR count). The zero-order valence-corrected chi connectivity index (χ0v) is 38.4. The van der Waals surface area contributed by atoms with Crippen LogP contribution in [0, 0.1) is 0 Å². The molecule has 1 N–H and O–H groups in total. The number of fused-ring (bicyclic) bond motifs is 17. The van der Waals surface area contributed by atoms with Crippen LogP contribution in [0.4, 0.5) is 5.69 Å². The van der Waals surface area contributed by atoms with Crippen LogP contribution in [0.2, 0.25) is 0 Å². The van der Waals surface area contributed by atoms with E-state index in [-0.39, 0.29) is 12.0 Å². The Morgan fingerprint density at radius 1 is 0.366 bits per heavy atom. The predicted molar refractivity (Wildman–Crippen MR) is 294 cm³/mol. The first-order valence-corrected chi connectivity index (χ1v) is 24.5. The van der Waals surface area contributed by atoms with E-state index in [0.717, 1.165) is 56.2 Å². The highest BCUT2D eigenvalue weighted by Gasteiger charge is 2.38. The summed E-state index contributed by atoms with van der Waals surface area (Å²) in [4.78, 5) is 5.92. The second-order valence-corrected chi connectivity index (χ2v) is 19.1. The van der Waals surface area contributed by atoms with Crippen molar-refractivity contribution in [1.29, 1.82) is 0 Å². The number of benzene rings is 9. The fraction of sp³-hybridized carbons (Fsp3) is 0.0308.